The van der Waals surface area contributed by atoms with Gasteiger partial charge in [0.05, 0.1) is 5.69 Å². The van der Waals surface area contributed by atoms with E-state index in [2.05, 4.69) is 22.9 Å². The lowest BCUT2D eigenvalue weighted by Gasteiger charge is -2.34. The Hall–Kier alpha value is -0.930. The van der Waals surface area contributed by atoms with Gasteiger partial charge in [0.25, 0.3) is 0 Å². The first-order valence-electron chi connectivity index (χ1n) is 7.16. The molecule has 1 aromatic heterocycles. The molecule has 0 saturated heterocycles. The molecule has 0 amide bonds. The van der Waals surface area contributed by atoms with Crippen LogP contribution in [0.5, 0.6) is 0 Å². The largest absolute Gasteiger partial charge is 0.329 e. The number of nitrogens with two attached hydrogens (primary N) is 1. The summed E-state index contributed by atoms with van der Waals surface area (Å²) < 4.78 is 0. The molecule has 18 heavy (non-hydrogen) atoms. The highest BCUT2D eigenvalue weighted by atomic mass is 15.2. The molecule has 1 aliphatic carbocycles. The second kappa shape index (κ2) is 6.86. The molecule has 0 radical (unpaired) electrons. The number of aryl methyl sites for hydroxylation is 1. The van der Waals surface area contributed by atoms with Crippen LogP contribution >= 0.6 is 0 Å². The number of hydrogen-bond donors (Lipinski definition) is 1. The summed E-state index contributed by atoms with van der Waals surface area (Å²) in [5, 5.41) is 0. The van der Waals surface area contributed by atoms with Crippen LogP contribution in [0.1, 0.15) is 43.4 Å². The van der Waals surface area contributed by atoms with Gasteiger partial charge in [-0.05, 0) is 31.4 Å². The first kappa shape index (κ1) is 13.5. The molecule has 0 spiro atoms. The van der Waals surface area contributed by atoms with Crippen LogP contribution in [-0.4, -0.2) is 29.0 Å². The molecule has 0 atom stereocenters. The van der Waals surface area contributed by atoms with Crippen molar-refractivity contribution in [1.29, 1.82) is 0 Å². The number of aromatic nitrogens is 1. The van der Waals surface area contributed by atoms with Crippen LogP contribution in [0.2, 0.25) is 0 Å². The molecule has 2 rings (SSSR count). The van der Waals surface area contributed by atoms with Crippen molar-refractivity contribution in [3.8, 4) is 0 Å². The highest BCUT2D eigenvalue weighted by Crippen LogP contribution is 2.23. The van der Waals surface area contributed by atoms with Gasteiger partial charge in [-0.1, -0.05) is 25.3 Å². The molecule has 0 bridgehead atoms. The van der Waals surface area contributed by atoms with Crippen LogP contribution in [0.3, 0.4) is 0 Å². The fourth-order valence-corrected chi connectivity index (χ4v) is 2.88. The van der Waals surface area contributed by atoms with Crippen molar-refractivity contribution in [3.63, 3.8) is 0 Å². The fraction of sp³-hybridized carbons (Fsp3) is 0.667. The first-order chi connectivity index (χ1) is 8.81. The van der Waals surface area contributed by atoms with Crippen molar-refractivity contribution in [2.75, 3.05) is 13.1 Å². The lowest BCUT2D eigenvalue weighted by atomic mass is 9.94. The van der Waals surface area contributed by atoms with Crippen molar-refractivity contribution in [3.05, 3.63) is 29.6 Å². The quantitative estimate of drug-likeness (QED) is 0.869. The van der Waals surface area contributed by atoms with Crippen molar-refractivity contribution in [1.82, 2.24) is 9.88 Å². The Bertz CT molecular complexity index is 359. The van der Waals surface area contributed by atoms with Gasteiger partial charge in [-0.15, -0.1) is 0 Å². The van der Waals surface area contributed by atoms with Gasteiger partial charge < -0.3 is 5.73 Å². The van der Waals surface area contributed by atoms with Crippen molar-refractivity contribution in [2.45, 2.75) is 51.6 Å². The van der Waals surface area contributed by atoms with Gasteiger partial charge >= 0.3 is 0 Å². The van der Waals surface area contributed by atoms with E-state index in [1.54, 1.807) is 0 Å². The summed E-state index contributed by atoms with van der Waals surface area (Å²) >= 11 is 0. The number of nitrogens with zero attached hydrogens (tertiary/aromatic N) is 2. The number of rotatable bonds is 5. The summed E-state index contributed by atoms with van der Waals surface area (Å²) in [5.41, 5.74) is 8.26. The Balaban J connectivity index is 2.03. The maximum atomic E-state index is 5.77. The molecular formula is C15H25N3. The van der Waals surface area contributed by atoms with E-state index in [-0.39, 0.29) is 0 Å². The van der Waals surface area contributed by atoms with E-state index in [1.807, 2.05) is 12.3 Å². The second-order valence-electron chi connectivity index (χ2n) is 5.32. The van der Waals surface area contributed by atoms with Crippen LogP contribution in [0.15, 0.2) is 18.3 Å². The number of hydrogen-bond acceptors (Lipinski definition) is 3. The van der Waals surface area contributed by atoms with E-state index in [0.29, 0.717) is 6.04 Å². The third-order valence-corrected chi connectivity index (χ3v) is 3.98. The fourth-order valence-electron chi connectivity index (χ4n) is 2.88. The monoisotopic (exact) mass is 247 g/mol. The summed E-state index contributed by atoms with van der Waals surface area (Å²) in [6.07, 6.45) is 8.68. The zero-order valence-electron chi connectivity index (χ0n) is 11.4. The van der Waals surface area contributed by atoms with E-state index < -0.39 is 0 Å². The SMILES string of the molecule is Cc1cccnc1CN(CCN)C1CCCCC1. The summed E-state index contributed by atoms with van der Waals surface area (Å²) in [4.78, 5) is 7.05. The molecule has 1 fully saturated rings. The molecule has 2 N–H and O–H groups in total. The third-order valence-electron chi connectivity index (χ3n) is 3.98. The van der Waals surface area contributed by atoms with Crippen LogP contribution in [0.4, 0.5) is 0 Å². The minimum atomic E-state index is 0.712. The standard InChI is InChI=1S/C15H25N3/c1-13-6-5-10-17-15(13)12-18(11-9-16)14-7-3-2-4-8-14/h5-6,10,14H,2-4,7-9,11-12,16H2,1H3. The van der Waals surface area contributed by atoms with Crippen molar-refractivity contribution in [2.24, 2.45) is 5.73 Å². The summed E-state index contributed by atoms with van der Waals surface area (Å²) in [6.45, 7) is 4.82. The Morgan fingerprint density at radius 1 is 1.33 bits per heavy atom. The molecule has 0 aromatic carbocycles. The van der Waals surface area contributed by atoms with E-state index >= 15 is 0 Å². The first-order valence-corrected chi connectivity index (χ1v) is 7.16. The molecule has 0 aliphatic heterocycles. The molecule has 3 heteroatoms. The van der Waals surface area contributed by atoms with Crippen LogP contribution in [0.25, 0.3) is 0 Å². The van der Waals surface area contributed by atoms with E-state index in [1.165, 1.54) is 43.4 Å². The molecular weight excluding hydrogens is 222 g/mol. The normalized spacial score (nSPS) is 17.3. The Morgan fingerprint density at radius 2 is 2.11 bits per heavy atom. The Morgan fingerprint density at radius 3 is 2.78 bits per heavy atom. The molecule has 1 aliphatic rings. The predicted octanol–water partition coefficient (Wildman–Crippen LogP) is 2.48. The topological polar surface area (TPSA) is 42.2 Å². The minimum Gasteiger partial charge on any atom is -0.329 e. The average molecular weight is 247 g/mol. The van der Waals surface area contributed by atoms with Gasteiger partial charge in [0.15, 0.2) is 0 Å². The predicted molar refractivity (Wildman–Crippen MR) is 75.3 cm³/mol. The second-order valence-corrected chi connectivity index (χ2v) is 5.32. The number of pyridine rings is 1. The van der Waals surface area contributed by atoms with E-state index in [0.717, 1.165) is 19.6 Å². The van der Waals surface area contributed by atoms with Gasteiger partial charge in [-0.25, -0.2) is 0 Å². The lowest BCUT2D eigenvalue weighted by Crippen LogP contribution is -2.39. The zero-order chi connectivity index (χ0) is 12.8. The molecule has 1 aromatic rings. The third kappa shape index (κ3) is 3.53. The highest BCUT2D eigenvalue weighted by Gasteiger charge is 2.21. The Kier molecular flexibility index (Phi) is 5.14. The van der Waals surface area contributed by atoms with Gasteiger partial charge in [-0.2, -0.15) is 0 Å². The smallest absolute Gasteiger partial charge is 0.0573 e. The van der Waals surface area contributed by atoms with Crippen LogP contribution in [0, 0.1) is 6.92 Å². The zero-order valence-corrected chi connectivity index (χ0v) is 11.4. The summed E-state index contributed by atoms with van der Waals surface area (Å²) in [6, 6.07) is 4.86. The Labute approximate surface area is 110 Å². The summed E-state index contributed by atoms with van der Waals surface area (Å²) in [5.74, 6) is 0. The van der Waals surface area contributed by atoms with Crippen molar-refractivity contribution < 1.29 is 0 Å². The lowest BCUT2D eigenvalue weighted by molar-refractivity contribution is 0.150. The average Bonchev–Trinajstić information content (AvgIpc) is 2.42. The molecule has 1 heterocycles. The minimum absolute atomic E-state index is 0.712. The highest BCUT2D eigenvalue weighted by molar-refractivity contribution is 5.17. The van der Waals surface area contributed by atoms with Crippen LogP contribution < -0.4 is 5.73 Å². The van der Waals surface area contributed by atoms with Gasteiger partial charge in [0.1, 0.15) is 0 Å². The van der Waals surface area contributed by atoms with Gasteiger partial charge in [0, 0.05) is 31.9 Å². The maximum Gasteiger partial charge on any atom is 0.0573 e. The van der Waals surface area contributed by atoms with E-state index in [4.69, 9.17) is 5.73 Å². The molecule has 0 unspecified atom stereocenters. The van der Waals surface area contributed by atoms with Gasteiger partial charge in [-0.3, -0.25) is 9.88 Å². The molecule has 1 saturated carbocycles. The van der Waals surface area contributed by atoms with Crippen LogP contribution in [-0.2, 0) is 6.54 Å². The molecule has 3 nitrogen and oxygen atoms in total. The summed E-state index contributed by atoms with van der Waals surface area (Å²) in [7, 11) is 0. The maximum absolute atomic E-state index is 5.77. The van der Waals surface area contributed by atoms with Crippen molar-refractivity contribution >= 4 is 0 Å². The van der Waals surface area contributed by atoms with E-state index in [9.17, 15) is 0 Å². The van der Waals surface area contributed by atoms with Gasteiger partial charge in [0.2, 0.25) is 0 Å². The molecule has 100 valence electrons.